The molecule has 0 amide bonds. The first kappa shape index (κ1) is 18.1. The van der Waals surface area contributed by atoms with E-state index in [1.54, 1.807) is 18.2 Å². The zero-order chi connectivity index (χ0) is 16.8. The van der Waals surface area contributed by atoms with E-state index in [0.717, 1.165) is 0 Å². The molecule has 0 saturated carbocycles. The Morgan fingerprint density at radius 2 is 1.55 bits per heavy atom. The maximum Gasteiger partial charge on any atom is 0.375 e. The molecule has 1 rings (SSSR count). The van der Waals surface area contributed by atoms with Gasteiger partial charge in [0.2, 0.25) is 5.60 Å². The number of aliphatic hydroxyl groups is 2. The van der Waals surface area contributed by atoms with Crippen LogP contribution in [-0.4, -0.2) is 46.8 Å². The number of benzene rings is 1. The SMILES string of the molecule is CCOC(=O)[C@](O)(F)[C@@](O)(Cc1ccccc1)C(=O)OCC. The standard InChI is InChI=1S/C15H19FO6/c1-3-21-12(17)14(19,10-11-8-6-5-7-9-11)15(16,20)13(18)22-4-2/h5-9,19-20H,3-4,10H2,1-2H3/t14-,15-/m1/s1. The van der Waals surface area contributed by atoms with Gasteiger partial charge in [0.15, 0.2) is 0 Å². The van der Waals surface area contributed by atoms with Crippen molar-refractivity contribution >= 4 is 11.9 Å². The number of hydrogen-bond donors (Lipinski definition) is 2. The van der Waals surface area contributed by atoms with Crippen molar-refractivity contribution in [2.24, 2.45) is 0 Å². The predicted octanol–water partition coefficient (Wildman–Crippen LogP) is 0.745. The number of ether oxygens (including phenoxy) is 2. The topological polar surface area (TPSA) is 93.1 Å². The maximum atomic E-state index is 14.5. The number of alkyl halides is 1. The lowest BCUT2D eigenvalue weighted by molar-refractivity contribution is -0.247. The van der Waals surface area contributed by atoms with E-state index in [0.29, 0.717) is 5.56 Å². The van der Waals surface area contributed by atoms with Crippen LogP contribution < -0.4 is 0 Å². The van der Waals surface area contributed by atoms with Gasteiger partial charge in [0.1, 0.15) is 0 Å². The van der Waals surface area contributed by atoms with Crippen LogP contribution in [0.2, 0.25) is 0 Å². The molecule has 122 valence electrons. The van der Waals surface area contributed by atoms with Crippen molar-refractivity contribution in [1.29, 1.82) is 0 Å². The van der Waals surface area contributed by atoms with Gasteiger partial charge in [-0.05, 0) is 19.4 Å². The van der Waals surface area contributed by atoms with Gasteiger partial charge >= 0.3 is 17.8 Å². The van der Waals surface area contributed by atoms with Crippen LogP contribution in [0.25, 0.3) is 0 Å². The summed E-state index contributed by atoms with van der Waals surface area (Å²) >= 11 is 0. The molecule has 0 bridgehead atoms. The van der Waals surface area contributed by atoms with Gasteiger partial charge in [0, 0.05) is 6.42 Å². The molecule has 22 heavy (non-hydrogen) atoms. The summed E-state index contributed by atoms with van der Waals surface area (Å²) in [5.74, 6) is -7.14. The molecule has 0 aliphatic heterocycles. The molecule has 0 aliphatic rings. The fourth-order valence-electron chi connectivity index (χ4n) is 1.86. The highest BCUT2D eigenvalue weighted by Gasteiger charge is 2.63. The van der Waals surface area contributed by atoms with Crippen molar-refractivity contribution in [3.8, 4) is 0 Å². The fraction of sp³-hybridized carbons (Fsp3) is 0.467. The molecular formula is C15H19FO6. The zero-order valence-corrected chi connectivity index (χ0v) is 12.4. The van der Waals surface area contributed by atoms with E-state index in [1.807, 2.05) is 0 Å². The quantitative estimate of drug-likeness (QED) is 0.721. The maximum absolute atomic E-state index is 14.5. The van der Waals surface area contributed by atoms with E-state index < -0.39 is 29.8 Å². The van der Waals surface area contributed by atoms with Gasteiger partial charge in [0.05, 0.1) is 13.2 Å². The Morgan fingerprint density at radius 3 is 2.05 bits per heavy atom. The molecule has 0 heterocycles. The summed E-state index contributed by atoms with van der Waals surface area (Å²) in [5, 5.41) is 20.2. The lowest BCUT2D eigenvalue weighted by Gasteiger charge is -2.33. The van der Waals surface area contributed by atoms with E-state index in [4.69, 9.17) is 0 Å². The van der Waals surface area contributed by atoms with Gasteiger partial charge < -0.3 is 19.7 Å². The third kappa shape index (κ3) is 3.61. The van der Waals surface area contributed by atoms with Crippen LogP contribution in [0, 0.1) is 0 Å². The number of halogens is 1. The minimum absolute atomic E-state index is 0.158. The first-order valence-electron chi connectivity index (χ1n) is 6.81. The van der Waals surface area contributed by atoms with Gasteiger partial charge in [0.25, 0.3) is 0 Å². The summed E-state index contributed by atoms with van der Waals surface area (Å²) in [6.45, 7) is 2.46. The normalized spacial score (nSPS) is 16.2. The smallest absolute Gasteiger partial charge is 0.375 e. The Hall–Kier alpha value is -1.99. The van der Waals surface area contributed by atoms with Crippen LogP contribution >= 0.6 is 0 Å². The van der Waals surface area contributed by atoms with E-state index in [2.05, 4.69) is 9.47 Å². The second-order valence-electron chi connectivity index (χ2n) is 4.59. The molecule has 0 spiro atoms. The molecule has 0 fully saturated rings. The lowest BCUT2D eigenvalue weighted by atomic mass is 9.87. The predicted molar refractivity (Wildman–Crippen MR) is 74.4 cm³/mol. The zero-order valence-electron chi connectivity index (χ0n) is 12.4. The van der Waals surface area contributed by atoms with Crippen molar-refractivity contribution in [2.75, 3.05) is 13.2 Å². The Bertz CT molecular complexity index is 516. The Balaban J connectivity index is 3.21. The van der Waals surface area contributed by atoms with E-state index >= 15 is 0 Å². The molecular weight excluding hydrogens is 295 g/mol. The number of hydrogen-bond acceptors (Lipinski definition) is 6. The average molecular weight is 314 g/mol. The van der Waals surface area contributed by atoms with Crippen molar-refractivity contribution in [3.05, 3.63) is 35.9 Å². The molecule has 0 radical (unpaired) electrons. The minimum Gasteiger partial charge on any atom is -0.464 e. The Labute approximate surface area is 127 Å². The van der Waals surface area contributed by atoms with Crippen molar-refractivity contribution in [1.82, 2.24) is 0 Å². The third-order valence-electron chi connectivity index (χ3n) is 3.01. The van der Waals surface area contributed by atoms with Gasteiger partial charge in [-0.1, -0.05) is 30.3 Å². The molecule has 0 aromatic heterocycles. The Morgan fingerprint density at radius 1 is 1.05 bits per heavy atom. The molecule has 7 heteroatoms. The van der Waals surface area contributed by atoms with Crippen LogP contribution in [0.4, 0.5) is 4.39 Å². The second kappa shape index (κ2) is 7.33. The molecule has 1 aromatic rings. The second-order valence-corrected chi connectivity index (χ2v) is 4.59. The highest BCUT2D eigenvalue weighted by molar-refractivity contribution is 5.91. The van der Waals surface area contributed by atoms with Gasteiger partial charge in [-0.15, -0.1) is 0 Å². The molecule has 6 nitrogen and oxygen atoms in total. The van der Waals surface area contributed by atoms with Crippen LogP contribution in [0.3, 0.4) is 0 Å². The summed E-state index contributed by atoms with van der Waals surface area (Å²) in [5.41, 5.74) is -2.78. The van der Waals surface area contributed by atoms with E-state index in [-0.39, 0.29) is 13.2 Å². The van der Waals surface area contributed by atoms with Crippen LogP contribution in [0.15, 0.2) is 30.3 Å². The van der Waals surface area contributed by atoms with Crippen molar-refractivity contribution < 1.29 is 33.7 Å². The monoisotopic (exact) mass is 314 g/mol. The number of carbonyl (C=O) groups is 2. The minimum atomic E-state index is -3.94. The summed E-state index contributed by atoms with van der Waals surface area (Å²) in [6, 6.07) is 7.89. The molecule has 1 aromatic carbocycles. The number of rotatable bonds is 7. The lowest BCUT2D eigenvalue weighted by Crippen LogP contribution is -2.63. The molecule has 2 N–H and O–H groups in total. The van der Waals surface area contributed by atoms with Crippen LogP contribution in [-0.2, 0) is 25.5 Å². The molecule has 0 aliphatic carbocycles. The summed E-state index contributed by atoms with van der Waals surface area (Å²) in [4.78, 5) is 23.5. The first-order chi connectivity index (χ1) is 10.3. The molecule has 0 unspecified atom stereocenters. The summed E-state index contributed by atoms with van der Waals surface area (Å²) in [7, 11) is 0. The van der Waals surface area contributed by atoms with Crippen molar-refractivity contribution in [2.45, 2.75) is 31.7 Å². The van der Waals surface area contributed by atoms with E-state index in [1.165, 1.54) is 26.0 Å². The van der Waals surface area contributed by atoms with E-state index in [9.17, 15) is 24.2 Å². The Kier molecular flexibility index (Phi) is 6.01. The van der Waals surface area contributed by atoms with Crippen LogP contribution in [0.5, 0.6) is 0 Å². The fourth-order valence-corrected chi connectivity index (χ4v) is 1.86. The van der Waals surface area contributed by atoms with Gasteiger partial charge in [-0.2, -0.15) is 4.39 Å². The van der Waals surface area contributed by atoms with Gasteiger partial charge in [-0.25, -0.2) is 9.59 Å². The highest BCUT2D eigenvalue weighted by Crippen LogP contribution is 2.31. The average Bonchev–Trinajstić information content (AvgIpc) is 2.48. The molecule has 0 saturated heterocycles. The summed E-state index contributed by atoms with van der Waals surface area (Å²) < 4.78 is 23.5. The van der Waals surface area contributed by atoms with Gasteiger partial charge in [-0.3, -0.25) is 0 Å². The highest BCUT2D eigenvalue weighted by atomic mass is 19.2. The summed E-state index contributed by atoms with van der Waals surface area (Å²) in [6.07, 6.45) is -0.654. The molecule has 2 atom stereocenters. The third-order valence-corrected chi connectivity index (χ3v) is 3.01. The first-order valence-corrected chi connectivity index (χ1v) is 6.81. The van der Waals surface area contributed by atoms with Crippen molar-refractivity contribution in [3.63, 3.8) is 0 Å². The number of esters is 2. The van der Waals surface area contributed by atoms with Crippen LogP contribution in [0.1, 0.15) is 19.4 Å². The largest absolute Gasteiger partial charge is 0.464 e. The number of carbonyl (C=O) groups excluding carboxylic acids is 2.